The van der Waals surface area contributed by atoms with Gasteiger partial charge in [0.25, 0.3) is 0 Å². The third-order valence-electron chi connectivity index (χ3n) is 3.30. The molecule has 1 aromatic carbocycles. The molecule has 0 aliphatic heterocycles. The summed E-state index contributed by atoms with van der Waals surface area (Å²) in [5.41, 5.74) is 2.49. The Morgan fingerprint density at radius 1 is 1.29 bits per heavy atom. The van der Waals surface area contributed by atoms with Crippen molar-refractivity contribution < 1.29 is 13.2 Å². The van der Waals surface area contributed by atoms with Gasteiger partial charge in [0.05, 0.1) is 24.0 Å². The van der Waals surface area contributed by atoms with Crippen LogP contribution < -0.4 is 4.74 Å². The predicted octanol–water partition coefficient (Wildman–Crippen LogP) is 3.54. The average molecular weight is 330 g/mol. The average Bonchev–Trinajstić information content (AvgIpc) is 2.38. The van der Waals surface area contributed by atoms with Crippen LogP contribution in [0.5, 0.6) is 5.75 Å². The highest BCUT2D eigenvalue weighted by molar-refractivity contribution is 8.13. The quantitative estimate of drug-likeness (QED) is 0.717. The van der Waals surface area contributed by atoms with E-state index in [1.807, 2.05) is 20.8 Å². The van der Waals surface area contributed by atoms with Gasteiger partial charge in [-0.05, 0) is 55.9 Å². The smallest absolute Gasteiger partial charge is 0.232 e. The van der Waals surface area contributed by atoms with Gasteiger partial charge in [-0.15, -0.1) is 0 Å². The van der Waals surface area contributed by atoms with Crippen LogP contribution in [0.3, 0.4) is 0 Å². The highest BCUT2D eigenvalue weighted by Crippen LogP contribution is 2.25. The number of halogens is 1. The summed E-state index contributed by atoms with van der Waals surface area (Å²) in [6, 6.07) is 5.71. The number of hydrogen-bond donors (Lipinski definition) is 0. The summed E-state index contributed by atoms with van der Waals surface area (Å²) in [6.45, 7) is 6.31. The van der Waals surface area contributed by atoms with E-state index in [0.29, 0.717) is 18.6 Å². The molecule has 0 aromatic heterocycles. The largest absolute Gasteiger partial charge is 0.493 e. The summed E-state index contributed by atoms with van der Waals surface area (Å²) in [5.74, 6) is 1.01. The van der Waals surface area contributed by atoms with E-state index in [4.69, 9.17) is 20.7 Å². The fraction of sp³-hybridized carbons (Fsp3) is 0.533. The van der Waals surface area contributed by atoms with E-state index in [1.54, 1.807) is 12.1 Å². The molecule has 0 amide bonds. The second-order valence-corrected chi connectivity index (χ2v) is 8.22. The van der Waals surface area contributed by atoms with Crippen molar-refractivity contribution in [1.82, 2.24) is 0 Å². The van der Waals surface area contributed by atoms with E-state index >= 15 is 0 Å². The minimum absolute atomic E-state index is 0.00928. The number of hydrogen-bond acceptors (Lipinski definition) is 4. The van der Waals surface area contributed by atoms with Crippen LogP contribution in [-0.2, 0) is 9.05 Å². The molecule has 1 unspecified atom stereocenters. The molecule has 1 aromatic rings. The molecule has 0 heterocycles. The van der Waals surface area contributed by atoms with Crippen LogP contribution in [0.25, 0.3) is 0 Å². The standard InChI is InChI=1S/C15H20ClNO3S/c1-11(5-7-21(16,18)19)4-6-20-15-12(2)8-14(10-17)9-13(15)3/h8-9,11H,4-7H2,1-3H3. The number of aryl methyl sites for hydroxylation is 2. The van der Waals surface area contributed by atoms with Crippen molar-refractivity contribution >= 4 is 19.7 Å². The zero-order valence-corrected chi connectivity index (χ0v) is 14.1. The Balaban J connectivity index is 2.52. The molecule has 0 saturated heterocycles. The van der Waals surface area contributed by atoms with Crippen LogP contribution >= 0.6 is 10.7 Å². The molecule has 0 saturated carbocycles. The van der Waals surface area contributed by atoms with Crippen molar-refractivity contribution in [2.45, 2.75) is 33.6 Å². The van der Waals surface area contributed by atoms with Gasteiger partial charge in [-0.1, -0.05) is 6.92 Å². The van der Waals surface area contributed by atoms with Crippen molar-refractivity contribution in [3.05, 3.63) is 28.8 Å². The van der Waals surface area contributed by atoms with Crippen molar-refractivity contribution in [2.75, 3.05) is 12.4 Å². The van der Waals surface area contributed by atoms with Gasteiger partial charge in [-0.2, -0.15) is 5.26 Å². The topological polar surface area (TPSA) is 67.2 Å². The molecule has 0 aliphatic carbocycles. The van der Waals surface area contributed by atoms with Crippen LogP contribution in [0, 0.1) is 31.1 Å². The second-order valence-electron chi connectivity index (χ2n) is 5.32. The normalized spacial score (nSPS) is 12.7. The minimum Gasteiger partial charge on any atom is -0.493 e. The minimum atomic E-state index is -3.42. The first-order chi connectivity index (χ1) is 9.73. The molecule has 1 atom stereocenters. The molecule has 0 spiro atoms. The van der Waals surface area contributed by atoms with Gasteiger partial charge in [-0.25, -0.2) is 8.42 Å². The molecule has 116 valence electrons. The first-order valence-electron chi connectivity index (χ1n) is 6.79. The lowest BCUT2D eigenvalue weighted by molar-refractivity contribution is 0.278. The fourth-order valence-electron chi connectivity index (χ4n) is 2.09. The lowest BCUT2D eigenvalue weighted by Crippen LogP contribution is -2.09. The molecule has 1 rings (SSSR count). The van der Waals surface area contributed by atoms with Gasteiger partial charge in [0, 0.05) is 10.7 Å². The number of ether oxygens (including phenoxy) is 1. The van der Waals surface area contributed by atoms with Crippen LogP contribution in [0.4, 0.5) is 0 Å². The van der Waals surface area contributed by atoms with E-state index in [9.17, 15) is 8.42 Å². The third kappa shape index (κ3) is 6.36. The Labute approximate surface area is 131 Å². The highest BCUT2D eigenvalue weighted by atomic mass is 35.7. The highest BCUT2D eigenvalue weighted by Gasteiger charge is 2.11. The van der Waals surface area contributed by atoms with E-state index in [2.05, 4.69) is 6.07 Å². The lowest BCUT2D eigenvalue weighted by Gasteiger charge is -2.15. The monoisotopic (exact) mass is 329 g/mol. The molecule has 21 heavy (non-hydrogen) atoms. The summed E-state index contributed by atoms with van der Waals surface area (Å²) < 4.78 is 27.6. The van der Waals surface area contributed by atoms with E-state index in [0.717, 1.165) is 23.3 Å². The van der Waals surface area contributed by atoms with Gasteiger partial charge >= 0.3 is 0 Å². The summed E-state index contributed by atoms with van der Waals surface area (Å²) in [5, 5.41) is 8.90. The Kier molecular flexibility index (Phi) is 6.50. The first kappa shape index (κ1) is 17.8. The SMILES string of the molecule is Cc1cc(C#N)cc(C)c1OCCC(C)CCS(=O)(=O)Cl. The summed E-state index contributed by atoms with van der Waals surface area (Å²) in [7, 11) is 1.78. The number of nitrogens with zero attached hydrogens (tertiary/aromatic N) is 1. The predicted molar refractivity (Wildman–Crippen MR) is 84.2 cm³/mol. The van der Waals surface area contributed by atoms with Crippen molar-refractivity contribution in [3.63, 3.8) is 0 Å². The molecule has 0 radical (unpaired) electrons. The number of nitriles is 1. The van der Waals surface area contributed by atoms with Crippen molar-refractivity contribution in [1.29, 1.82) is 5.26 Å². The number of benzene rings is 1. The zero-order chi connectivity index (χ0) is 16.0. The van der Waals surface area contributed by atoms with Gasteiger partial charge in [0.1, 0.15) is 5.75 Å². The van der Waals surface area contributed by atoms with Gasteiger partial charge in [0.2, 0.25) is 9.05 Å². The molecule has 0 aliphatic rings. The Hall–Kier alpha value is -1.25. The van der Waals surface area contributed by atoms with Gasteiger partial charge < -0.3 is 4.74 Å². The molecule has 0 fully saturated rings. The van der Waals surface area contributed by atoms with E-state index in [-0.39, 0.29) is 11.7 Å². The van der Waals surface area contributed by atoms with E-state index in [1.165, 1.54) is 0 Å². The number of rotatable bonds is 7. The Morgan fingerprint density at radius 2 is 1.86 bits per heavy atom. The fourth-order valence-corrected chi connectivity index (χ4v) is 3.04. The van der Waals surface area contributed by atoms with Crippen LogP contribution in [0.1, 0.15) is 36.5 Å². The molecular weight excluding hydrogens is 310 g/mol. The Bertz CT molecular complexity index is 612. The Morgan fingerprint density at radius 3 is 2.33 bits per heavy atom. The summed E-state index contributed by atoms with van der Waals surface area (Å²) in [6.07, 6.45) is 1.28. The maximum Gasteiger partial charge on any atom is 0.232 e. The molecule has 0 N–H and O–H groups in total. The molecule has 4 nitrogen and oxygen atoms in total. The first-order valence-corrected chi connectivity index (χ1v) is 9.27. The molecule has 0 bridgehead atoms. The van der Waals surface area contributed by atoms with Crippen LogP contribution in [0.15, 0.2) is 12.1 Å². The second kappa shape index (κ2) is 7.67. The maximum absolute atomic E-state index is 10.9. The summed E-state index contributed by atoms with van der Waals surface area (Å²) >= 11 is 0. The summed E-state index contributed by atoms with van der Waals surface area (Å²) in [4.78, 5) is 0. The van der Waals surface area contributed by atoms with Crippen molar-refractivity contribution in [2.24, 2.45) is 5.92 Å². The maximum atomic E-state index is 10.9. The van der Waals surface area contributed by atoms with Crippen LogP contribution in [-0.4, -0.2) is 20.8 Å². The molecule has 6 heteroatoms. The third-order valence-corrected chi connectivity index (χ3v) is 4.49. The van der Waals surface area contributed by atoms with Crippen LogP contribution in [0.2, 0.25) is 0 Å². The van der Waals surface area contributed by atoms with Gasteiger partial charge in [0.15, 0.2) is 0 Å². The lowest BCUT2D eigenvalue weighted by atomic mass is 10.1. The van der Waals surface area contributed by atoms with Crippen molar-refractivity contribution in [3.8, 4) is 11.8 Å². The van der Waals surface area contributed by atoms with E-state index < -0.39 is 9.05 Å². The zero-order valence-electron chi connectivity index (χ0n) is 12.5. The molecular formula is C15H20ClNO3S. The van der Waals surface area contributed by atoms with Gasteiger partial charge in [-0.3, -0.25) is 0 Å².